The van der Waals surface area contributed by atoms with Crippen molar-refractivity contribution in [3.05, 3.63) is 70.7 Å². The van der Waals surface area contributed by atoms with E-state index in [-0.39, 0.29) is 12.5 Å². The lowest BCUT2D eigenvalue weighted by molar-refractivity contribution is -0.103. The molecule has 25 heavy (non-hydrogen) atoms. The number of piperidine rings is 1. The molecule has 3 rings (SSSR count). The fourth-order valence-electron chi connectivity index (χ4n) is 3.71. The molecule has 0 amide bonds. The molecule has 134 valence electrons. The van der Waals surface area contributed by atoms with Crippen molar-refractivity contribution >= 4 is 11.6 Å². The number of halogens is 3. The van der Waals surface area contributed by atoms with Crippen LogP contribution in [0.5, 0.6) is 0 Å². The van der Waals surface area contributed by atoms with E-state index in [4.69, 9.17) is 11.6 Å². The second kappa shape index (κ2) is 7.40. The molecule has 2 aromatic carbocycles. The molecule has 1 N–H and O–H groups in total. The van der Waals surface area contributed by atoms with Crippen LogP contribution in [0.1, 0.15) is 36.9 Å². The van der Waals surface area contributed by atoms with Gasteiger partial charge in [0.2, 0.25) is 0 Å². The molecule has 0 saturated carbocycles. The van der Waals surface area contributed by atoms with Gasteiger partial charge in [0.05, 0.1) is 11.6 Å². The second-order valence-electron chi connectivity index (χ2n) is 6.72. The van der Waals surface area contributed by atoms with Crippen molar-refractivity contribution < 1.29 is 13.9 Å². The van der Waals surface area contributed by atoms with Gasteiger partial charge in [-0.2, -0.15) is 0 Å². The summed E-state index contributed by atoms with van der Waals surface area (Å²) in [6.07, 6.45) is -2.11. The van der Waals surface area contributed by atoms with E-state index in [1.54, 1.807) is 24.3 Å². The maximum Gasteiger partial charge on any atom is 0.254 e. The minimum Gasteiger partial charge on any atom is -0.385 e. The van der Waals surface area contributed by atoms with Crippen molar-refractivity contribution in [2.75, 3.05) is 6.54 Å². The lowest BCUT2D eigenvalue weighted by atomic mass is 9.80. The molecular formula is C20H22ClF2NO. The lowest BCUT2D eigenvalue weighted by Gasteiger charge is -2.46. The van der Waals surface area contributed by atoms with Crippen LogP contribution in [-0.4, -0.2) is 29.0 Å². The SMILES string of the molecule is C[C@H](c1ccccc1)N1CCC(O)(c2ccc(Cl)cc2)C[C@@H]1C(F)F. The Kier molecular flexibility index (Phi) is 5.42. The Balaban J connectivity index is 1.84. The highest BCUT2D eigenvalue weighted by atomic mass is 35.5. The first-order valence-corrected chi connectivity index (χ1v) is 8.86. The van der Waals surface area contributed by atoms with Crippen molar-refractivity contribution in [1.82, 2.24) is 4.90 Å². The number of benzene rings is 2. The van der Waals surface area contributed by atoms with E-state index in [0.29, 0.717) is 23.6 Å². The van der Waals surface area contributed by atoms with Crippen molar-refractivity contribution in [2.45, 2.75) is 43.9 Å². The van der Waals surface area contributed by atoms with Gasteiger partial charge < -0.3 is 5.11 Å². The Morgan fingerprint density at radius 2 is 1.76 bits per heavy atom. The summed E-state index contributed by atoms with van der Waals surface area (Å²) < 4.78 is 27.6. The van der Waals surface area contributed by atoms with Crippen LogP contribution in [0.2, 0.25) is 5.02 Å². The van der Waals surface area contributed by atoms with Gasteiger partial charge in [-0.25, -0.2) is 8.78 Å². The molecule has 2 nitrogen and oxygen atoms in total. The highest BCUT2D eigenvalue weighted by Gasteiger charge is 2.44. The topological polar surface area (TPSA) is 23.5 Å². The van der Waals surface area contributed by atoms with E-state index < -0.39 is 18.1 Å². The number of aliphatic hydroxyl groups is 1. The van der Waals surface area contributed by atoms with Crippen LogP contribution in [0.3, 0.4) is 0 Å². The summed E-state index contributed by atoms with van der Waals surface area (Å²) in [6, 6.07) is 15.3. The molecular weight excluding hydrogens is 344 g/mol. The summed E-state index contributed by atoms with van der Waals surface area (Å²) >= 11 is 5.90. The third-order valence-electron chi connectivity index (χ3n) is 5.21. The predicted octanol–water partition coefficient (Wildman–Crippen LogP) is 5.02. The van der Waals surface area contributed by atoms with Crippen molar-refractivity contribution in [2.24, 2.45) is 0 Å². The lowest BCUT2D eigenvalue weighted by Crippen LogP contribution is -2.52. The quantitative estimate of drug-likeness (QED) is 0.822. The summed E-state index contributed by atoms with van der Waals surface area (Å²) in [4.78, 5) is 1.81. The van der Waals surface area contributed by atoms with E-state index in [1.165, 1.54) is 0 Å². The standard InChI is InChI=1S/C20H22ClF2NO/c1-14(15-5-3-2-4-6-15)24-12-11-20(25,13-18(24)19(22)23)16-7-9-17(21)10-8-16/h2-10,14,18-19,25H,11-13H2,1H3/t14-,18-,20?/m1/s1. The number of alkyl halides is 2. The highest BCUT2D eigenvalue weighted by molar-refractivity contribution is 6.30. The van der Waals surface area contributed by atoms with Gasteiger partial charge in [0.15, 0.2) is 0 Å². The van der Waals surface area contributed by atoms with Crippen molar-refractivity contribution in [3.63, 3.8) is 0 Å². The maximum absolute atomic E-state index is 13.8. The molecule has 0 bridgehead atoms. The van der Waals surface area contributed by atoms with Crippen molar-refractivity contribution in [1.29, 1.82) is 0 Å². The summed E-state index contributed by atoms with van der Waals surface area (Å²) in [5, 5.41) is 11.6. The average molecular weight is 366 g/mol. The number of nitrogens with zero attached hydrogens (tertiary/aromatic N) is 1. The first kappa shape index (κ1) is 18.3. The van der Waals surface area contributed by atoms with Gasteiger partial charge in [-0.15, -0.1) is 0 Å². The fraction of sp³-hybridized carbons (Fsp3) is 0.400. The van der Waals surface area contributed by atoms with E-state index in [2.05, 4.69) is 0 Å². The minimum absolute atomic E-state index is 0.00345. The fourth-order valence-corrected chi connectivity index (χ4v) is 3.83. The Labute approximate surface area is 152 Å². The Hall–Kier alpha value is -1.49. The number of hydrogen-bond donors (Lipinski definition) is 1. The van der Waals surface area contributed by atoms with Gasteiger partial charge in [-0.05, 0) is 36.6 Å². The smallest absolute Gasteiger partial charge is 0.254 e. The monoisotopic (exact) mass is 365 g/mol. The first-order valence-electron chi connectivity index (χ1n) is 8.48. The molecule has 3 atom stereocenters. The molecule has 5 heteroatoms. The molecule has 0 radical (unpaired) electrons. The van der Waals surface area contributed by atoms with Crippen LogP contribution in [0.25, 0.3) is 0 Å². The van der Waals surface area contributed by atoms with E-state index >= 15 is 0 Å². The minimum atomic E-state index is -2.52. The Morgan fingerprint density at radius 1 is 1.12 bits per heavy atom. The number of hydrogen-bond acceptors (Lipinski definition) is 2. The highest BCUT2D eigenvalue weighted by Crippen LogP contribution is 2.41. The largest absolute Gasteiger partial charge is 0.385 e. The summed E-state index contributed by atoms with van der Waals surface area (Å²) in [5.74, 6) is 0. The molecule has 1 aliphatic heterocycles. The zero-order valence-electron chi connectivity index (χ0n) is 14.1. The van der Waals surface area contributed by atoms with Gasteiger partial charge in [0, 0.05) is 24.0 Å². The molecule has 0 spiro atoms. The average Bonchev–Trinajstić information content (AvgIpc) is 2.62. The number of rotatable bonds is 4. The summed E-state index contributed by atoms with van der Waals surface area (Å²) in [5.41, 5.74) is 0.401. The number of likely N-dealkylation sites (tertiary alicyclic amines) is 1. The normalized spacial score (nSPS) is 25.9. The zero-order chi connectivity index (χ0) is 18.0. The van der Waals surface area contributed by atoms with Gasteiger partial charge in [-0.1, -0.05) is 54.1 Å². The molecule has 2 aromatic rings. The van der Waals surface area contributed by atoms with E-state index in [9.17, 15) is 13.9 Å². The molecule has 1 fully saturated rings. The van der Waals surface area contributed by atoms with Crippen molar-refractivity contribution in [3.8, 4) is 0 Å². The van der Waals surface area contributed by atoms with Gasteiger partial charge >= 0.3 is 0 Å². The van der Waals surface area contributed by atoms with Gasteiger partial charge in [0.1, 0.15) is 0 Å². The second-order valence-corrected chi connectivity index (χ2v) is 7.16. The molecule has 0 aliphatic carbocycles. The van der Waals surface area contributed by atoms with Crippen LogP contribution in [0.15, 0.2) is 54.6 Å². The van der Waals surface area contributed by atoms with Gasteiger partial charge in [0.25, 0.3) is 6.43 Å². The third kappa shape index (κ3) is 3.86. The van der Waals surface area contributed by atoms with Gasteiger partial charge in [-0.3, -0.25) is 4.90 Å². The van der Waals surface area contributed by atoms with Crippen LogP contribution in [0.4, 0.5) is 8.78 Å². The maximum atomic E-state index is 13.8. The summed E-state index contributed by atoms with van der Waals surface area (Å²) in [6.45, 7) is 2.35. The van der Waals surface area contributed by atoms with Crippen LogP contribution in [0, 0.1) is 0 Å². The molecule has 1 heterocycles. The first-order chi connectivity index (χ1) is 11.9. The predicted molar refractivity (Wildman–Crippen MR) is 95.9 cm³/mol. The molecule has 1 unspecified atom stereocenters. The van der Waals surface area contributed by atoms with Crippen LogP contribution in [-0.2, 0) is 5.60 Å². The van der Waals surface area contributed by atoms with E-state index in [0.717, 1.165) is 5.56 Å². The molecule has 1 saturated heterocycles. The Bertz CT molecular complexity index is 695. The van der Waals surface area contributed by atoms with Crippen LogP contribution >= 0.6 is 11.6 Å². The van der Waals surface area contributed by atoms with Crippen LogP contribution < -0.4 is 0 Å². The zero-order valence-corrected chi connectivity index (χ0v) is 14.8. The summed E-state index contributed by atoms with van der Waals surface area (Å²) in [7, 11) is 0. The van der Waals surface area contributed by atoms with E-state index in [1.807, 2.05) is 42.2 Å². The third-order valence-corrected chi connectivity index (χ3v) is 5.46. The molecule has 1 aliphatic rings. The molecule has 0 aromatic heterocycles. The Morgan fingerprint density at radius 3 is 2.36 bits per heavy atom.